The number of carbonyl (C=O) groups excluding carboxylic acids is 3. The van der Waals surface area contributed by atoms with Gasteiger partial charge in [0, 0.05) is 6.42 Å². The smallest absolute Gasteiger partial charge is 0.416 e. The van der Waals surface area contributed by atoms with Crippen LogP contribution in [-0.4, -0.2) is 42.1 Å². The number of rotatable bonds is 10. The van der Waals surface area contributed by atoms with Crippen molar-refractivity contribution in [1.29, 1.82) is 0 Å². The van der Waals surface area contributed by atoms with Crippen LogP contribution in [-0.2, 0) is 20.7 Å². The summed E-state index contributed by atoms with van der Waals surface area (Å²) in [5.41, 5.74) is 1.61. The molecule has 0 saturated carbocycles. The van der Waals surface area contributed by atoms with Gasteiger partial charge in [-0.15, -0.1) is 0 Å². The molecule has 0 aromatic heterocycles. The van der Waals surface area contributed by atoms with Gasteiger partial charge in [-0.3, -0.25) is 4.79 Å². The van der Waals surface area contributed by atoms with Gasteiger partial charge in [-0.2, -0.15) is 0 Å². The third-order valence-corrected chi connectivity index (χ3v) is 5.71. The molecule has 3 atom stereocenters. The second kappa shape index (κ2) is 11.5. The molecule has 1 heterocycles. The maximum absolute atomic E-state index is 12.8. The Morgan fingerprint density at radius 1 is 1.03 bits per heavy atom. The Bertz CT molecular complexity index is 899. The van der Waals surface area contributed by atoms with Crippen molar-refractivity contribution in [1.82, 2.24) is 4.90 Å². The number of ether oxygens (including phenoxy) is 2. The molecule has 0 radical (unpaired) electrons. The van der Waals surface area contributed by atoms with E-state index in [4.69, 9.17) is 9.47 Å². The summed E-state index contributed by atoms with van der Waals surface area (Å²) in [5.74, 6) is -0.0772. The third kappa shape index (κ3) is 6.67. The van der Waals surface area contributed by atoms with Crippen LogP contribution in [0.1, 0.15) is 49.0 Å². The molecule has 0 bridgehead atoms. The van der Waals surface area contributed by atoms with E-state index in [-0.39, 0.29) is 42.8 Å². The van der Waals surface area contributed by atoms with Crippen LogP contribution in [0.25, 0.3) is 0 Å². The van der Waals surface area contributed by atoms with Gasteiger partial charge >= 0.3 is 12.1 Å². The molecule has 2 aromatic carbocycles. The van der Waals surface area contributed by atoms with Gasteiger partial charge in [0.05, 0.1) is 18.2 Å². The molecule has 3 rings (SSSR count). The van der Waals surface area contributed by atoms with Crippen LogP contribution in [0.3, 0.4) is 0 Å². The van der Waals surface area contributed by atoms with Crippen molar-refractivity contribution in [2.45, 2.75) is 45.6 Å². The fourth-order valence-electron chi connectivity index (χ4n) is 4.04. The number of benzene rings is 2. The first-order valence-electron chi connectivity index (χ1n) is 11.2. The Morgan fingerprint density at radius 2 is 1.69 bits per heavy atom. The summed E-state index contributed by atoms with van der Waals surface area (Å²) in [6.07, 6.45) is 1.82. The lowest BCUT2D eigenvalue weighted by Gasteiger charge is -2.21. The first-order chi connectivity index (χ1) is 15.4. The minimum absolute atomic E-state index is 0.176. The lowest BCUT2D eigenvalue weighted by Crippen LogP contribution is -2.40. The van der Waals surface area contributed by atoms with Crippen LogP contribution in [0.4, 0.5) is 4.79 Å². The van der Waals surface area contributed by atoms with Crippen molar-refractivity contribution in [3.63, 3.8) is 0 Å². The first-order valence-corrected chi connectivity index (χ1v) is 11.2. The van der Waals surface area contributed by atoms with Crippen molar-refractivity contribution < 1.29 is 23.9 Å². The van der Waals surface area contributed by atoms with Gasteiger partial charge in [0.25, 0.3) is 0 Å². The Kier molecular flexibility index (Phi) is 8.42. The number of esters is 1. The average Bonchev–Trinajstić information content (AvgIpc) is 3.17. The van der Waals surface area contributed by atoms with Gasteiger partial charge in [-0.1, -0.05) is 62.4 Å². The molecular formula is C26H31NO5. The molecule has 0 aliphatic carbocycles. The highest BCUT2D eigenvalue weighted by atomic mass is 16.6. The molecule has 0 N–H and O–H groups in total. The van der Waals surface area contributed by atoms with Gasteiger partial charge in [0.15, 0.2) is 0 Å². The maximum atomic E-state index is 12.8. The Labute approximate surface area is 189 Å². The summed E-state index contributed by atoms with van der Waals surface area (Å²) in [7, 11) is 0. The largest absolute Gasteiger partial charge is 0.462 e. The second-order valence-corrected chi connectivity index (χ2v) is 8.63. The van der Waals surface area contributed by atoms with E-state index in [1.807, 2.05) is 43.3 Å². The van der Waals surface area contributed by atoms with E-state index in [0.29, 0.717) is 25.0 Å². The van der Waals surface area contributed by atoms with Crippen LogP contribution in [0.15, 0.2) is 60.7 Å². The van der Waals surface area contributed by atoms with E-state index in [2.05, 4.69) is 6.92 Å². The minimum Gasteiger partial charge on any atom is -0.462 e. The molecule has 1 saturated heterocycles. The SMILES string of the molecule is C[C@H](COC(=O)c1ccccc1)C[C@@H](C)CCC(=O)N1C(=O)OC[C@@H]1Cc1ccccc1. The number of hydrogen-bond acceptors (Lipinski definition) is 5. The fourth-order valence-corrected chi connectivity index (χ4v) is 4.04. The highest BCUT2D eigenvalue weighted by Gasteiger charge is 2.37. The zero-order chi connectivity index (χ0) is 22.9. The molecule has 0 spiro atoms. The van der Waals surface area contributed by atoms with Gasteiger partial charge in [0.2, 0.25) is 5.91 Å². The molecule has 1 aliphatic heterocycles. The van der Waals surface area contributed by atoms with Gasteiger partial charge in [-0.05, 0) is 48.8 Å². The number of hydrogen-bond donors (Lipinski definition) is 0. The molecular weight excluding hydrogens is 406 g/mol. The van der Waals surface area contributed by atoms with Crippen molar-refractivity contribution in [3.05, 3.63) is 71.8 Å². The standard InChI is InChI=1S/C26H31NO5/c1-19(15-20(2)17-31-25(29)22-11-7-4-8-12-22)13-14-24(28)27-23(18-32-26(27)30)16-21-9-5-3-6-10-21/h3-12,19-20,23H,13-18H2,1-2H3/t19-,20-,23-/m0/s1. The molecule has 2 amide bonds. The van der Waals surface area contributed by atoms with E-state index in [0.717, 1.165) is 12.0 Å². The predicted molar refractivity (Wildman–Crippen MR) is 121 cm³/mol. The normalized spacial score (nSPS) is 17.5. The highest BCUT2D eigenvalue weighted by molar-refractivity contribution is 5.93. The molecule has 32 heavy (non-hydrogen) atoms. The molecule has 170 valence electrons. The highest BCUT2D eigenvalue weighted by Crippen LogP contribution is 2.22. The topological polar surface area (TPSA) is 72.9 Å². The summed E-state index contributed by atoms with van der Waals surface area (Å²) >= 11 is 0. The van der Waals surface area contributed by atoms with E-state index in [1.54, 1.807) is 24.3 Å². The molecule has 1 fully saturated rings. The van der Waals surface area contributed by atoms with Gasteiger partial charge in [-0.25, -0.2) is 14.5 Å². The zero-order valence-corrected chi connectivity index (χ0v) is 18.7. The number of amides is 2. The van der Waals surface area contributed by atoms with E-state index < -0.39 is 6.09 Å². The Hall–Kier alpha value is -3.15. The summed E-state index contributed by atoms with van der Waals surface area (Å²) in [6.45, 7) is 4.68. The first kappa shape index (κ1) is 23.5. The van der Waals surface area contributed by atoms with Crippen molar-refractivity contribution in [2.75, 3.05) is 13.2 Å². The molecule has 0 unspecified atom stereocenters. The quantitative estimate of drug-likeness (QED) is 0.496. The van der Waals surface area contributed by atoms with Crippen LogP contribution >= 0.6 is 0 Å². The van der Waals surface area contributed by atoms with Gasteiger partial charge < -0.3 is 9.47 Å². The zero-order valence-electron chi connectivity index (χ0n) is 18.7. The number of cyclic esters (lactones) is 1. The number of imide groups is 1. The summed E-state index contributed by atoms with van der Waals surface area (Å²) in [5, 5.41) is 0. The Morgan fingerprint density at radius 3 is 2.38 bits per heavy atom. The minimum atomic E-state index is -0.551. The van der Waals surface area contributed by atoms with E-state index in [1.165, 1.54) is 4.90 Å². The van der Waals surface area contributed by atoms with E-state index >= 15 is 0 Å². The van der Waals surface area contributed by atoms with Crippen LogP contribution < -0.4 is 0 Å². The summed E-state index contributed by atoms with van der Waals surface area (Å²) in [4.78, 5) is 38.3. The third-order valence-electron chi connectivity index (χ3n) is 5.71. The monoisotopic (exact) mass is 437 g/mol. The number of carbonyl (C=O) groups is 3. The maximum Gasteiger partial charge on any atom is 0.416 e. The summed E-state index contributed by atoms with van der Waals surface area (Å²) < 4.78 is 10.6. The van der Waals surface area contributed by atoms with Crippen LogP contribution in [0.2, 0.25) is 0 Å². The molecule has 6 nitrogen and oxygen atoms in total. The van der Waals surface area contributed by atoms with E-state index in [9.17, 15) is 14.4 Å². The average molecular weight is 438 g/mol. The van der Waals surface area contributed by atoms with Gasteiger partial charge in [0.1, 0.15) is 6.61 Å². The molecule has 1 aliphatic rings. The second-order valence-electron chi connectivity index (χ2n) is 8.63. The Balaban J connectivity index is 1.42. The molecule has 6 heteroatoms. The fraction of sp³-hybridized carbons (Fsp3) is 0.423. The predicted octanol–water partition coefficient (Wildman–Crippen LogP) is 4.88. The van der Waals surface area contributed by atoms with Crippen molar-refractivity contribution >= 4 is 18.0 Å². The lowest BCUT2D eigenvalue weighted by atomic mass is 9.93. The van der Waals surface area contributed by atoms with Crippen molar-refractivity contribution in [3.8, 4) is 0 Å². The summed E-state index contributed by atoms with van der Waals surface area (Å²) in [6, 6.07) is 18.5. The van der Waals surface area contributed by atoms with Crippen LogP contribution in [0, 0.1) is 11.8 Å². The number of nitrogens with zero attached hydrogens (tertiary/aromatic N) is 1. The van der Waals surface area contributed by atoms with Crippen LogP contribution in [0.5, 0.6) is 0 Å². The molecule has 2 aromatic rings. The lowest BCUT2D eigenvalue weighted by molar-refractivity contribution is -0.129. The van der Waals surface area contributed by atoms with Crippen molar-refractivity contribution in [2.24, 2.45) is 11.8 Å².